The zero-order valence-corrected chi connectivity index (χ0v) is 11.6. The van der Waals surface area contributed by atoms with Crippen molar-refractivity contribution >= 4 is 22.3 Å². The van der Waals surface area contributed by atoms with Gasteiger partial charge < -0.3 is 15.4 Å². The summed E-state index contributed by atoms with van der Waals surface area (Å²) in [6.45, 7) is 5.16. The summed E-state index contributed by atoms with van der Waals surface area (Å²) in [7, 11) is 0. The Bertz CT molecular complexity index is 577. The molecule has 0 atom stereocenters. The van der Waals surface area contributed by atoms with E-state index < -0.39 is 4.92 Å². The highest BCUT2D eigenvalue weighted by Gasteiger charge is 2.17. The van der Waals surface area contributed by atoms with E-state index in [0.29, 0.717) is 12.1 Å². The van der Waals surface area contributed by atoms with E-state index in [1.165, 1.54) is 11.3 Å². The lowest BCUT2D eigenvalue weighted by atomic mass is 10.4. The number of anilines is 1. The smallest absolute Gasteiger partial charge is 0.362 e. The average molecular weight is 281 g/mol. The molecular formula is C11H15N5O2S. The second-order valence-electron chi connectivity index (χ2n) is 4.15. The molecule has 0 aliphatic heterocycles. The number of aryl methyl sites for hydroxylation is 1. The van der Waals surface area contributed by atoms with Crippen LogP contribution in [-0.2, 0) is 6.54 Å². The quantitative estimate of drug-likeness (QED) is 0.649. The molecule has 2 aromatic heterocycles. The summed E-state index contributed by atoms with van der Waals surface area (Å²) in [6, 6.07) is 0. The first-order valence-corrected chi connectivity index (χ1v) is 6.78. The summed E-state index contributed by atoms with van der Waals surface area (Å²) < 4.78 is 1.57. The Morgan fingerprint density at radius 1 is 1.58 bits per heavy atom. The molecule has 0 amide bonds. The molecule has 102 valence electrons. The standard InChI is InChI=1S/C11H15N5O2S/c1-3-4-12-11-13-5-9(19-11)7-15-6-8(2)10(14-15)16(17)18/h5-6H,3-4,7H2,1-2H3,(H,12,13). The molecule has 2 rings (SSSR count). The molecule has 8 heteroatoms. The second kappa shape index (κ2) is 5.79. The van der Waals surface area contributed by atoms with Gasteiger partial charge in [-0.05, 0) is 18.3 Å². The van der Waals surface area contributed by atoms with Gasteiger partial charge in [0.15, 0.2) is 5.13 Å². The third kappa shape index (κ3) is 3.28. The van der Waals surface area contributed by atoms with E-state index in [0.717, 1.165) is 23.0 Å². The van der Waals surface area contributed by atoms with Crippen LogP contribution in [0, 0.1) is 17.0 Å². The second-order valence-corrected chi connectivity index (χ2v) is 5.26. The van der Waals surface area contributed by atoms with Gasteiger partial charge in [-0.2, -0.15) is 4.68 Å². The maximum atomic E-state index is 10.7. The summed E-state index contributed by atoms with van der Waals surface area (Å²) in [5.74, 6) is -0.0890. The van der Waals surface area contributed by atoms with Crippen LogP contribution in [0.15, 0.2) is 12.4 Å². The predicted octanol–water partition coefficient (Wildman–Crippen LogP) is 2.43. The normalized spacial score (nSPS) is 10.6. The van der Waals surface area contributed by atoms with Crippen molar-refractivity contribution in [3.8, 4) is 0 Å². The molecule has 2 heterocycles. The van der Waals surface area contributed by atoms with Crippen LogP contribution in [0.25, 0.3) is 0 Å². The molecule has 0 saturated heterocycles. The van der Waals surface area contributed by atoms with Crippen molar-refractivity contribution in [3.05, 3.63) is 32.9 Å². The van der Waals surface area contributed by atoms with Crippen molar-refractivity contribution in [3.63, 3.8) is 0 Å². The Morgan fingerprint density at radius 2 is 2.37 bits per heavy atom. The lowest BCUT2D eigenvalue weighted by molar-refractivity contribution is -0.390. The first kappa shape index (κ1) is 13.5. The number of aromatic nitrogens is 3. The van der Waals surface area contributed by atoms with Crippen LogP contribution in [-0.4, -0.2) is 26.2 Å². The molecule has 1 N–H and O–H groups in total. The first-order chi connectivity index (χ1) is 9.10. The van der Waals surface area contributed by atoms with Gasteiger partial charge in [-0.15, -0.1) is 11.3 Å². The fourth-order valence-electron chi connectivity index (χ4n) is 1.63. The van der Waals surface area contributed by atoms with Crippen LogP contribution >= 0.6 is 11.3 Å². The number of nitro groups is 1. The van der Waals surface area contributed by atoms with Crippen molar-refractivity contribution in [2.75, 3.05) is 11.9 Å². The number of hydrogen-bond acceptors (Lipinski definition) is 6. The summed E-state index contributed by atoms with van der Waals surface area (Å²) in [4.78, 5) is 15.5. The largest absolute Gasteiger partial charge is 0.392 e. The Hall–Kier alpha value is -1.96. The first-order valence-electron chi connectivity index (χ1n) is 5.97. The number of thiazole rings is 1. The third-order valence-corrected chi connectivity index (χ3v) is 3.43. The van der Waals surface area contributed by atoms with Crippen molar-refractivity contribution < 1.29 is 4.92 Å². The van der Waals surface area contributed by atoms with Gasteiger partial charge in [0, 0.05) is 12.7 Å². The molecular weight excluding hydrogens is 266 g/mol. The van der Waals surface area contributed by atoms with Gasteiger partial charge in [0.1, 0.15) is 0 Å². The maximum Gasteiger partial charge on any atom is 0.392 e. The summed E-state index contributed by atoms with van der Waals surface area (Å²) >= 11 is 1.54. The fraction of sp³-hybridized carbons (Fsp3) is 0.455. The summed E-state index contributed by atoms with van der Waals surface area (Å²) in [5, 5.41) is 18.7. The van der Waals surface area contributed by atoms with Crippen molar-refractivity contribution in [2.24, 2.45) is 0 Å². The van der Waals surface area contributed by atoms with E-state index in [2.05, 4.69) is 22.3 Å². The van der Waals surface area contributed by atoms with E-state index in [1.807, 2.05) is 0 Å². The van der Waals surface area contributed by atoms with Gasteiger partial charge in [-0.25, -0.2) is 4.98 Å². The highest BCUT2D eigenvalue weighted by molar-refractivity contribution is 7.15. The maximum absolute atomic E-state index is 10.7. The van der Waals surface area contributed by atoms with E-state index >= 15 is 0 Å². The minimum absolute atomic E-state index is 0.0890. The van der Waals surface area contributed by atoms with Crippen molar-refractivity contribution in [1.82, 2.24) is 14.8 Å². The van der Waals surface area contributed by atoms with E-state index in [9.17, 15) is 10.1 Å². The van der Waals surface area contributed by atoms with Gasteiger partial charge in [0.05, 0.1) is 28.3 Å². The topological polar surface area (TPSA) is 85.9 Å². The zero-order chi connectivity index (χ0) is 13.8. The van der Waals surface area contributed by atoms with E-state index in [-0.39, 0.29) is 5.82 Å². The average Bonchev–Trinajstić information content (AvgIpc) is 2.94. The van der Waals surface area contributed by atoms with Crippen LogP contribution in [0.4, 0.5) is 10.9 Å². The summed E-state index contributed by atoms with van der Waals surface area (Å²) in [5.41, 5.74) is 0.568. The van der Waals surface area contributed by atoms with Gasteiger partial charge in [-0.1, -0.05) is 6.92 Å². The van der Waals surface area contributed by atoms with Crippen LogP contribution in [0.5, 0.6) is 0 Å². The molecule has 0 aliphatic rings. The van der Waals surface area contributed by atoms with E-state index in [1.54, 1.807) is 24.0 Å². The fourth-order valence-corrected chi connectivity index (χ4v) is 2.46. The SMILES string of the molecule is CCCNc1ncc(Cn2cc(C)c([N+](=O)[O-])n2)s1. The van der Waals surface area contributed by atoms with Gasteiger partial charge >= 0.3 is 5.82 Å². The van der Waals surface area contributed by atoms with Gasteiger partial charge in [-0.3, -0.25) is 0 Å². The van der Waals surface area contributed by atoms with Crippen LogP contribution in [0.3, 0.4) is 0 Å². The van der Waals surface area contributed by atoms with Gasteiger partial charge in [0.2, 0.25) is 0 Å². The molecule has 2 aromatic rings. The molecule has 19 heavy (non-hydrogen) atoms. The molecule has 0 aromatic carbocycles. The third-order valence-electron chi connectivity index (χ3n) is 2.49. The predicted molar refractivity (Wildman–Crippen MR) is 73.6 cm³/mol. The molecule has 0 spiro atoms. The Morgan fingerprint density at radius 3 is 3.00 bits per heavy atom. The lowest BCUT2D eigenvalue weighted by Gasteiger charge is -1.96. The monoisotopic (exact) mass is 281 g/mol. The lowest BCUT2D eigenvalue weighted by Crippen LogP contribution is -1.99. The summed E-state index contributed by atoms with van der Waals surface area (Å²) in [6.07, 6.45) is 4.49. The Labute approximate surface area is 114 Å². The van der Waals surface area contributed by atoms with Crippen molar-refractivity contribution in [2.45, 2.75) is 26.8 Å². The molecule has 0 bridgehead atoms. The molecule has 0 unspecified atom stereocenters. The van der Waals surface area contributed by atoms with Crippen LogP contribution in [0.2, 0.25) is 0 Å². The number of nitrogens with one attached hydrogen (secondary N) is 1. The van der Waals surface area contributed by atoms with Crippen LogP contribution in [0.1, 0.15) is 23.8 Å². The highest BCUT2D eigenvalue weighted by Crippen LogP contribution is 2.20. The number of rotatable bonds is 6. The zero-order valence-electron chi connectivity index (χ0n) is 10.8. The minimum Gasteiger partial charge on any atom is -0.362 e. The molecule has 7 nitrogen and oxygen atoms in total. The number of nitrogens with zero attached hydrogens (tertiary/aromatic N) is 4. The highest BCUT2D eigenvalue weighted by atomic mass is 32.1. The van der Waals surface area contributed by atoms with E-state index in [4.69, 9.17) is 0 Å². The molecule has 0 fully saturated rings. The van der Waals surface area contributed by atoms with Crippen molar-refractivity contribution in [1.29, 1.82) is 0 Å². The van der Waals surface area contributed by atoms with Crippen LogP contribution < -0.4 is 5.32 Å². The Kier molecular flexibility index (Phi) is 4.10. The number of hydrogen-bond donors (Lipinski definition) is 1. The molecule has 0 saturated carbocycles. The molecule has 0 aliphatic carbocycles. The van der Waals surface area contributed by atoms with Gasteiger partial charge in [0.25, 0.3) is 0 Å². The molecule has 0 radical (unpaired) electrons. The minimum atomic E-state index is -0.466. The Balaban J connectivity index is 2.06.